The second-order valence-electron chi connectivity index (χ2n) is 6.53. The van der Waals surface area contributed by atoms with Gasteiger partial charge in [-0.15, -0.1) is 11.3 Å². The Labute approximate surface area is 128 Å². The molecule has 0 aromatic carbocycles. The monoisotopic (exact) mass is 307 g/mol. The van der Waals surface area contributed by atoms with Gasteiger partial charge in [-0.3, -0.25) is 4.79 Å². The number of aliphatic hydroxyl groups is 1. The fourth-order valence-electron chi connectivity index (χ4n) is 3.68. The van der Waals surface area contributed by atoms with Crippen LogP contribution in [0.4, 0.5) is 10.7 Å². The van der Waals surface area contributed by atoms with Gasteiger partial charge in [-0.2, -0.15) is 0 Å². The summed E-state index contributed by atoms with van der Waals surface area (Å²) >= 11 is 1.50. The van der Waals surface area contributed by atoms with Crippen molar-refractivity contribution < 1.29 is 9.90 Å². The summed E-state index contributed by atoms with van der Waals surface area (Å²) in [7, 11) is 0. The number of nitrogens with one attached hydrogen (secondary N) is 1. The average Bonchev–Trinajstić information content (AvgIpc) is 3.09. The first-order valence-corrected chi connectivity index (χ1v) is 8.60. The molecule has 3 heterocycles. The van der Waals surface area contributed by atoms with Crippen molar-refractivity contribution in [3.63, 3.8) is 0 Å². The van der Waals surface area contributed by atoms with E-state index in [1.54, 1.807) is 0 Å². The highest BCUT2D eigenvalue weighted by Gasteiger charge is 2.41. The number of nitrogen functional groups attached to an aromatic ring is 1. The fourth-order valence-corrected chi connectivity index (χ4v) is 4.81. The molecule has 2 atom stereocenters. The maximum Gasteiger partial charge on any atom is 0.263 e. The molecule has 21 heavy (non-hydrogen) atoms. The minimum atomic E-state index is -0.173. The third kappa shape index (κ3) is 2.40. The van der Waals surface area contributed by atoms with Crippen molar-refractivity contribution >= 4 is 27.9 Å². The molecule has 2 saturated heterocycles. The van der Waals surface area contributed by atoms with Crippen molar-refractivity contribution in [1.82, 2.24) is 5.32 Å². The van der Waals surface area contributed by atoms with E-state index in [0.717, 1.165) is 43.5 Å². The summed E-state index contributed by atoms with van der Waals surface area (Å²) in [6, 6.07) is 3.09. The summed E-state index contributed by atoms with van der Waals surface area (Å²) < 4.78 is 0. The molecule has 1 saturated carbocycles. The Morgan fingerprint density at radius 2 is 1.95 bits per heavy atom. The molecule has 2 aliphatic heterocycles. The van der Waals surface area contributed by atoms with Gasteiger partial charge in [-0.25, -0.2) is 0 Å². The van der Waals surface area contributed by atoms with Crippen molar-refractivity contribution in [2.75, 3.05) is 10.6 Å². The Bertz CT molecular complexity index is 555. The number of fused-ring (bicyclic) bond motifs is 2. The van der Waals surface area contributed by atoms with E-state index in [0.29, 0.717) is 28.7 Å². The van der Waals surface area contributed by atoms with Crippen molar-refractivity contribution in [2.24, 2.45) is 0 Å². The summed E-state index contributed by atoms with van der Waals surface area (Å²) in [4.78, 5) is 15.2. The Kier molecular flexibility index (Phi) is 3.11. The zero-order valence-corrected chi connectivity index (χ0v) is 12.7. The fraction of sp³-hybridized carbons (Fsp3) is 0.667. The van der Waals surface area contributed by atoms with Gasteiger partial charge in [0, 0.05) is 18.1 Å². The van der Waals surface area contributed by atoms with Gasteiger partial charge in [0.2, 0.25) is 0 Å². The van der Waals surface area contributed by atoms with Crippen LogP contribution in [0.25, 0.3) is 0 Å². The van der Waals surface area contributed by atoms with E-state index in [9.17, 15) is 9.90 Å². The van der Waals surface area contributed by atoms with Gasteiger partial charge >= 0.3 is 0 Å². The summed E-state index contributed by atoms with van der Waals surface area (Å²) in [6.07, 6.45) is 5.91. The van der Waals surface area contributed by atoms with Crippen molar-refractivity contribution in [3.8, 4) is 0 Å². The molecule has 0 spiro atoms. The van der Waals surface area contributed by atoms with E-state index in [1.807, 2.05) is 6.07 Å². The molecule has 1 aromatic rings. The van der Waals surface area contributed by atoms with Crippen LogP contribution >= 0.6 is 11.3 Å². The standard InChI is InChI=1S/C15H21N3O2S/c16-12-7-13(21-14(12)15(20)17-8-1-2-8)18-9-3-4-10(18)6-11(19)5-9/h7-11,19H,1-6,16H2,(H,17,20). The molecule has 1 amide bonds. The van der Waals surface area contributed by atoms with Gasteiger partial charge in [-0.1, -0.05) is 0 Å². The molecule has 2 unspecified atom stereocenters. The number of aliphatic hydroxyl groups excluding tert-OH is 1. The predicted octanol–water partition coefficient (Wildman–Crippen LogP) is 1.71. The first-order valence-electron chi connectivity index (χ1n) is 7.78. The van der Waals surface area contributed by atoms with Crippen LogP contribution in [0.3, 0.4) is 0 Å². The molecule has 4 rings (SSSR count). The second-order valence-corrected chi connectivity index (χ2v) is 7.56. The number of thiophene rings is 1. The Morgan fingerprint density at radius 3 is 2.57 bits per heavy atom. The molecule has 6 heteroatoms. The number of piperidine rings is 1. The lowest BCUT2D eigenvalue weighted by atomic mass is 10.0. The van der Waals surface area contributed by atoms with Crippen LogP contribution in [0.2, 0.25) is 0 Å². The Hall–Kier alpha value is -1.27. The van der Waals surface area contributed by atoms with Gasteiger partial charge < -0.3 is 21.1 Å². The molecule has 1 aromatic heterocycles. The highest BCUT2D eigenvalue weighted by molar-refractivity contribution is 7.18. The van der Waals surface area contributed by atoms with Crippen LogP contribution in [0.5, 0.6) is 0 Å². The highest BCUT2D eigenvalue weighted by atomic mass is 32.1. The third-order valence-electron chi connectivity index (χ3n) is 4.83. The minimum absolute atomic E-state index is 0.0318. The smallest absolute Gasteiger partial charge is 0.263 e. The summed E-state index contributed by atoms with van der Waals surface area (Å²) in [5, 5.41) is 14.0. The topological polar surface area (TPSA) is 78.6 Å². The predicted molar refractivity (Wildman–Crippen MR) is 83.7 cm³/mol. The number of amides is 1. The Balaban J connectivity index is 1.57. The zero-order valence-electron chi connectivity index (χ0n) is 11.9. The van der Waals surface area contributed by atoms with E-state index in [-0.39, 0.29) is 12.0 Å². The number of rotatable bonds is 3. The first kappa shape index (κ1) is 13.4. The van der Waals surface area contributed by atoms with Crippen LogP contribution in [-0.4, -0.2) is 35.2 Å². The van der Waals surface area contributed by atoms with Crippen LogP contribution in [-0.2, 0) is 0 Å². The zero-order chi connectivity index (χ0) is 14.6. The SMILES string of the molecule is Nc1cc(N2C3CCC2CC(O)C3)sc1C(=O)NC1CC1. The van der Waals surface area contributed by atoms with E-state index >= 15 is 0 Å². The molecule has 114 valence electrons. The second kappa shape index (κ2) is 4.88. The number of anilines is 2. The molecule has 3 aliphatic rings. The molecule has 5 nitrogen and oxygen atoms in total. The van der Waals surface area contributed by atoms with Crippen LogP contribution in [0, 0.1) is 0 Å². The van der Waals surface area contributed by atoms with Gasteiger partial charge in [0.25, 0.3) is 5.91 Å². The quantitative estimate of drug-likeness (QED) is 0.794. The summed E-state index contributed by atoms with van der Waals surface area (Å²) in [5.41, 5.74) is 6.64. The number of nitrogens with zero attached hydrogens (tertiary/aromatic N) is 1. The molecular formula is C15H21N3O2S. The normalized spacial score (nSPS) is 31.5. The maximum absolute atomic E-state index is 12.2. The molecule has 0 radical (unpaired) electrons. The van der Waals surface area contributed by atoms with Gasteiger partial charge in [0.05, 0.1) is 16.8 Å². The first-order chi connectivity index (χ1) is 10.1. The van der Waals surface area contributed by atoms with Crippen LogP contribution in [0.15, 0.2) is 6.07 Å². The number of carbonyl (C=O) groups is 1. The van der Waals surface area contributed by atoms with Crippen molar-refractivity contribution in [2.45, 2.75) is 62.8 Å². The number of carbonyl (C=O) groups excluding carboxylic acids is 1. The molecule has 3 fully saturated rings. The van der Waals surface area contributed by atoms with Crippen LogP contribution in [0.1, 0.15) is 48.2 Å². The van der Waals surface area contributed by atoms with E-state index in [4.69, 9.17) is 5.73 Å². The molecule has 2 bridgehead atoms. The minimum Gasteiger partial charge on any atom is -0.397 e. The lowest BCUT2D eigenvalue weighted by molar-refractivity contribution is 0.0956. The van der Waals surface area contributed by atoms with Crippen molar-refractivity contribution in [1.29, 1.82) is 0 Å². The van der Waals surface area contributed by atoms with Crippen molar-refractivity contribution in [3.05, 3.63) is 10.9 Å². The molecular weight excluding hydrogens is 286 g/mol. The third-order valence-corrected chi connectivity index (χ3v) is 5.99. The lowest BCUT2D eigenvalue weighted by Crippen LogP contribution is -2.44. The molecule has 1 aliphatic carbocycles. The molecule has 4 N–H and O–H groups in total. The highest BCUT2D eigenvalue weighted by Crippen LogP contribution is 2.43. The summed E-state index contributed by atoms with van der Waals surface area (Å²) in [5.74, 6) is -0.0318. The average molecular weight is 307 g/mol. The van der Waals surface area contributed by atoms with E-state index < -0.39 is 0 Å². The number of hydrogen-bond donors (Lipinski definition) is 3. The maximum atomic E-state index is 12.2. The largest absolute Gasteiger partial charge is 0.397 e. The van der Waals surface area contributed by atoms with Gasteiger partial charge in [0.15, 0.2) is 0 Å². The van der Waals surface area contributed by atoms with Crippen LogP contribution < -0.4 is 16.0 Å². The van der Waals surface area contributed by atoms with Gasteiger partial charge in [-0.05, 0) is 44.6 Å². The van der Waals surface area contributed by atoms with E-state index in [1.165, 1.54) is 11.3 Å². The summed E-state index contributed by atoms with van der Waals surface area (Å²) in [6.45, 7) is 0. The van der Waals surface area contributed by atoms with Gasteiger partial charge in [0.1, 0.15) is 4.88 Å². The Morgan fingerprint density at radius 1 is 1.29 bits per heavy atom. The number of hydrogen-bond acceptors (Lipinski definition) is 5. The lowest BCUT2D eigenvalue weighted by Gasteiger charge is -2.37. The van der Waals surface area contributed by atoms with E-state index in [2.05, 4.69) is 10.2 Å². The number of nitrogens with two attached hydrogens (primary N) is 1.